The molecule has 8 heteroatoms. The van der Waals surface area contributed by atoms with E-state index < -0.39 is 12.6 Å². The fourth-order valence-corrected chi connectivity index (χ4v) is 2.78. The maximum atomic E-state index is 12.4. The van der Waals surface area contributed by atoms with E-state index in [2.05, 4.69) is 10.6 Å². The third-order valence-corrected chi connectivity index (χ3v) is 4.30. The molecule has 2 amide bonds. The summed E-state index contributed by atoms with van der Waals surface area (Å²) in [5.74, 6) is -1.74. The molecule has 0 aliphatic carbocycles. The van der Waals surface area contributed by atoms with Crippen molar-refractivity contribution in [1.29, 1.82) is 0 Å². The molecular formula is C20H20N2O5S. The first-order chi connectivity index (χ1) is 13.3. The van der Waals surface area contributed by atoms with Gasteiger partial charge in [-0.3, -0.25) is 14.4 Å². The SMILES string of the molecule is CSc1ccc(C(=O)COC(=O)c2cc(NC(C)=O)cc(NC(C)=O)c2)cc1. The number of rotatable bonds is 7. The molecule has 0 aliphatic rings. The summed E-state index contributed by atoms with van der Waals surface area (Å²) in [5, 5.41) is 5.10. The maximum Gasteiger partial charge on any atom is 0.338 e. The number of thioether (sulfide) groups is 1. The number of carbonyl (C=O) groups excluding carboxylic acids is 4. The number of ketones is 1. The third kappa shape index (κ3) is 6.24. The van der Waals surface area contributed by atoms with Gasteiger partial charge in [0, 0.05) is 35.7 Å². The Morgan fingerprint density at radius 2 is 1.39 bits per heavy atom. The van der Waals surface area contributed by atoms with Crippen molar-refractivity contribution in [2.75, 3.05) is 23.5 Å². The van der Waals surface area contributed by atoms with Gasteiger partial charge in [0.25, 0.3) is 0 Å². The van der Waals surface area contributed by atoms with Crippen LogP contribution in [0.1, 0.15) is 34.6 Å². The Labute approximate surface area is 166 Å². The fourth-order valence-electron chi connectivity index (χ4n) is 2.37. The minimum absolute atomic E-state index is 0.0977. The van der Waals surface area contributed by atoms with Crippen molar-refractivity contribution < 1.29 is 23.9 Å². The van der Waals surface area contributed by atoms with E-state index in [-0.39, 0.29) is 23.2 Å². The van der Waals surface area contributed by atoms with Crippen molar-refractivity contribution in [2.24, 2.45) is 0 Å². The number of hydrogen-bond donors (Lipinski definition) is 2. The quantitative estimate of drug-likeness (QED) is 0.420. The highest BCUT2D eigenvalue weighted by molar-refractivity contribution is 7.98. The highest BCUT2D eigenvalue weighted by atomic mass is 32.2. The molecule has 0 atom stereocenters. The molecule has 0 radical (unpaired) electrons. The number of carbonyl (C=O) groups is 4. The summed E-state index contributed by atoms with van der Waals surface area (Å²) >= 11 is 1.56. The van der Waals surface area contributed by atoms with E-state index in [4.69, 9.17) is 4.74 Å². The number of nitrogens with one attached hydrogen (secondary N) is 2. The number of ether oxygens (including phenoxy) is 1. The number of benzene rings is 2. The number of hydrogen-bond acceptors (Lipinski definition) is 6. The van der Waals surface area contributed by atoms with E-state index in [9.17, 15) is 19.2 Å². The molecule has 0 unspecified atom stereocenters. The zero-order valence-corrected chi connectivity index (χ0v) is 16.5. The average molecular weight is 400 g/mol. The summed E-state index contributed by atoms with van der Waals surface area (Å²) in [7, 11) is 0. The summed E-state index contributed by atoms with van der Waals surface area (Å²) in [6.07, 6.45) is 1.93. The summed E-state index contributed by atoms with van der Waals surface area (Å²) in [4.78, 5) is 48.2. The Bertz CT molecular complexity index is 875. The maximum absolute atomic E-state index is 12.4. The molecule has 2 aromatic carbocycles. The van der Waals surface area contributed by atoms with Gasteiger partial charge in [-0.15, -0.1) is 11.8 Å². The largest absolute Gasteiger partial charge is 0.454 e. The first-order valence-corrected chi connectivity index (χ1v) is 9.55. The summed E-state index contributed by atoms with van der Waals surface area (Å²) in [6, 6.07) is 11.3. The van der Waals surface area contributed by atoms with Gasteiger partial charge >= 0.3 is 5.97 Å². The van der Waals surface area contributed by atoms with Gasteiger partial charge in [-0.2, -0.15) is 0 Å². The van der Waals surface area contributed by atoms with Gasteiger partial charge < -0.3 is 15.4 Å². The fraction of sp³-hybridized carbons (Fsp3) is 0.200. The summed E-state index contributed by atoms with van der Waals surface area (Å²) < 4.78 is 5.10. The lowest BCUT2D eigenvalue weighted by Crippen LogP contribution is -2.15. The first-order valence-electron chi connectivity index (χ1n) is 8.33. The van der Waals surface area contributed by atoms with E-state index in [1.54, 1.807) is 23.9 Å². The number of anilines is 2. The lowest BCUT2D eigenvalue weighted by Gasteiger charge is -2.10. The van der Waals surface area contributed by atoms with E-state index in [1.807, 2.05) is 18.4 Å². The minimum atomic E-state index is -0.743. The Hall–Kier alpha value is -3.13. The average Bonchev–Trinajstić information content (AvgIpc) is 2.64. The van der Waals surface area contributed by atoms with Crippen molar-refractivity contribution >= 4 is 46.7 Å². The Kier molecular flexibility index (Phi) is 7.34. The molecule has 0 aromatic heterocycles. The zero-order valence-electron chi connectivity index (χ0n) is 15.7. The monoisotopic (exact) mass is 400 g/mol. The van der Waals surface area contributed by atoms with E-state index >= 15 is 0 Å². The summed E-state index contributed by atoms with van der Waals surface area (Å²) in [5.41, 5.74) is 1.19. The van der Waals surface area contributed by atoms with E-state index in [0.29, 0.717) is 16.9 Å². The van der Waals surface area contributed by atoms with Crippen LogP contribution in [0.5, 0.6) is 0 Å². The highest BCUT2D eigenvalue weighted by Crippen LogP contribution is 2.20. The Morgan fingerprint density at radius 3 is 1.86 bits per heavy atom. The topological polar surface area (TPSA) is 102 Å². The van der Waals surface area contributed by atoms with Gasteiger partial charge in [-0.1, -0.05) is 12.1 Å². The van der Waals surface area contributed by atoms with E-state index in [1.165, 1.54) is 32.0 Å². The predicted molar refractivity (Wildman–Crippen MR) is 108 cm³/mol. The second kappa shape index (κ2) is 9.70. The second-order valence-corrected chi connectivity index (χ2v) is 6.77. The van der Waals surface area contributed by atoms with Crippen LogP contribution >= 0.6 is 11.8 Å². The molecule has 0 aliphatic heterocycles. The van der Waals surface area contributed by atoms with Crippen LogP contribution < -0.4 is 10.6 Å². The van der Waals surface area contributed by atoms with Gasteiger partial charge in [0.1, 0.15) is 0 Å². The van der Waals surface area contributed by atoms with Crippen molar-refractivity contribution in [3.63, 3.8) is 0 Å². The molecule has 2 aromatic rings. The number of esters is 1. The normalized spacial score (nSPS) is 10.1. The van der Waals surface area contributed by atoms with Gasteiger partial charge in [-0.25, -0.2) is 4.79 Å². The number of Topliss-reactive ketones (excluding diaryl/α,β-unsaturated/α-hetero) is 1. The molecule has 0 spiro atoms. The van der Waals surface area contributed by atoms with Crippen molar-refractivity contribution in [1.82, 2.24) is 0 Å². The Balaban J connectivity index is 2.11. The van der Waals surface area contributed by atoms with Crippen LogP contribution in [0.2, 0.25) is 0 Å². The first kappa shape index (κ1) is 21.2. The Morgan fingerprint density at radius 1 is 0.857 bits per heavy atom. The minimum Gasteiger partial charge on any atom is -0.454 e. The van der Waals surface area contributed by atoms with Crippen LogP contribution in [0.4, 0.5) is 11.4 Å². The molecule has 0 saturated carbocycles. The highest BCUT2D eigenvalue weighted by Gasteiger charge is 2.14. The van der Waals surface area contributed by atoms with Gasteiger partial charge in [0.05, 0.1) is 5.56 Å². The summed E-state index contributed by atoms with van der Waals surface area (Å²) in [6.45, 7) is 2.23. The number of amides is 2. The molecule has 2 rings (SSSR count). The smallest absolute Gasteiger partial charge is 0.338 e. The van der Waals surface area contributed by atoms with Crippen LogP contribution in [-0.4, -0.2) is 36.4 Å². The molecule has 0 fully saturated rings. The predicted octanol–water partition coefficient (Wildman–Crippen LogP) is 3.37. The van der Waals surface area contributed by atoms with Gasteiger partial charge in [-0.05, 0) is 36.6 Å². The molecule has 0 saturated heterocycles. The third-order valence-electron chi connectivity index (χ3n) is 3.56. The van der Waals surface area contributed by atoms with Crippen LogP contribution in [-0.2, 0) is 14.3 Å². The van der Waals surface area contributed by atoms with Gasteiger partial charge in [0.2, 0.25) is 11.8 Å². The van der Waals surface area contributed by atoms with E-state index in [0.717, 1.165) is 4.90 Å². The molecule has 28 heavy (non-hydrogen) atoms. The molecule has 0 heterocycles. The molecule has 2 N–H and O–H groups in total. The van der Waals surface area contributed by atoms with Crippen LogP contribution in [0, 0.1) is 0 Å². The van der Waals surface area contributed by atoms with Crippen LogP contribution in [0.25, 0.3) is 0 Å². The van der Waals surface area contributed by atoms with Crippen molar-refractivity contribution in [2.45, 2.75) is 18.7 Å². The standard InChI is InChI=1S/C20H20N2O5S/c1-12(23)21-16-8-15(9-17(10-16)22-13(2)24)20(26)27-11-19(25)14-4-6-18(28-3)7-5-14/h4-10H,11H2,1-3H3,(H,21,23)(H,22,24). The lowest BCUT2D eigenvalue weighted by molar-refractivity contribution is -0.115. The lowest BCUT2D eigenvalue weighted by atomic mass is 10.1. The molecule has 7 nitrogen and oxygen atoms in total. The van der Waals surface area contributed by atoms with Gasteiger partial charge in [0.15, 0.2) is 12.4 Å². The van der Waals surface area contributed by atoms with Crippen LogP contribution in [0.15, 0.2) is 47.4 Å². The molecule has 0 bridgehead atoms. The van der Waals surface area contributed by atoms with Crippen molar-refractivity contribution in [3.8, 4) is 0 Å². The second-order valence-electron chi connectivity index (χ2n) is 5.89. The zero-order chi connectivity index (χ0) is 20.7. The molecular weight excluding hydrogens is 380 g/mol. The molecule has 146 valence electrons. The van der Waals surface area contributed by atoms with Crippen molar-refractivity contribution in [3.05, 3.63) is 53.6 Å². The van der Waals surface area contributed by atoms with Crippen LogP contribution in [0.3, 0.4) is 0 Å².